The van der Waals surface area contributed by atoms with Crippen LogP contribution in [0.25, 0.3) is 0 Å². The van der Waals surface area contributed by atoms with Gasteiger partial charge in [-0.25, -0.2) is 0 Å². The van der Waals surface area contributed by atoms with Gasteiger partial charge in [-0.15, -0.1) is 0 Å². The fourth-order valence-electron chi connectivity index (χ4n) is 1.74. The van der Waals surface area contributed by atoms with Gasteiger partial charge in [0.05, 0.1) is 23.9 Å². The highest BCUT2D eigenvalue weighted by atomic mass is 16.3. The predicted molar refractivity (Wildman–Crippen MR) is 61.9 cm³/mol. The normalized spacial score (nSPS) is 10.9. The predicted octanol–water partition coefficient (Wildman–Crippen LogP) is 2.09. The zero-order valence-corrected chi connectivity index (χ0v) is 9.73. The summed E-state index contributed by atoms with van der Waals surface area (Å²) in [5.41, 5.74) is 3.46. The maximum absolute atomic E-state index is 5.01. The average molecular weight is 219 g/mol. The van der Waals surface area contributed by atoms with Crippen LogP contribution in [-0.4, -0.2) is 9.78 Å². The van der Waals surface area contributed by atoms with Crippen molar-refractivity contribution in [2.24, 2.45) is 0 Å². The highest BCUT2D eigenvalue weighted by Crippen LogP contribution is 2.04. The molecule has 0 aliphatic heterocycles. The smallest absolute Gasteiger partial charge is 0.0947 e. The van der Waals surface area contributed by atoms with Crippen molar-refractivity contribution >= 4 is 0 Å². The van der Waals surface area contributed by atoms with Gasteiger partial charge in [-0.2, -0.15) is 5.10 Å². The largest absolute Gasteiger partial charge is 0.472 e. The van der Waals surface area contributed by atoms with E-state index >= 15 is 0 Å². The van der Waals surface area contributed by atoms with Crippen LogP contribution in [0, 0.1) is 6.92 Å². The lowest BCUT2D eigenvalue weighted by molar-refractivity contribution is 0.554. The number of aromatic nitrogens is 2. The molecule has 4 heteroatoms. The number of nitrogens with zero attached hydrogens (tertiary/aromatic N) is 2. The fraction of sp³-hybridized carbons (Fsp3) is 0.417. The lowest BCUT2D eigenvalue weighted by Crippen LogP contribution is -2.15. The monoisotopic (exact) mass is 219 g/mol. The van der Waals surface area contributed by atoms with Gasteiger partial charge >= 0.3 is 0 Å². The van der Waals surface area contributed by atoms with Crippen LogP contribution in [0.15, 0.2) is 29.1 Å². The highest BCUT2D eigenvalue weighted by molar-refractivity contribution is 5.09. The molecule has 0 atom stereocenters. The zero-order valence-electron chi connectivity index (χ0n) is 9.73. The molecule has 0 fully saturated rings. The third kappa shape index (κ3) is 2.52. The number of furan rings is 1. The minimum Gasteiger partial charge on any atom is -0.472 e. The van der Waals surface area contributed by atoms with Crippen LogP contribution < -0.4 is 5.32 Å². The second-order valence-corrected chi connectivity index (χ2v) is 3.83. The molecule has 2 aromatic heterocycles. The second-order valence-electron chi connectivity index (χ2n) is 3.83. The summed E-state index contributed by atoms with van der Waals surface area (Å²) < 4.78 is 7.03. The topological polar surface area (TPSA) is 43.0 Å². The minimum absolute atomic E-state index is 0.824. The van der Waals surface area contributed by atoms with Gasteiger partial charge in [0.1, 0.15) is 0 Å². The molecule has 0 aliphatic carbocycles. The molecule has 0 bridgehead atoms. The van der Waals surface area contributed by atoms with Gasteiger partial charge in [0.2, 0.25) is 0 Å². The molecule has 0 amide bonds. The lowest BCUT2D eigenvalue weighted by atomic mass is 10.3. The van der Waals surface area contributed by atoms with Crippen molar-refractivity contribution in [3.05, 3.63) is 41.6 Å². The van der Waals surface area contributed by atoms with Crippen LogP contribution in [-0.2, 0) is 19.6 Å². The van der Waals surface area contributed by atoms with Crippen LogP contribution in [0.2, 0.25) is 0 Å². The van der Waals surface area contributed by atoms with E-state index in [-0.39, 0.29) is 0 Å². The van der Waals surface area contributed by atoms with E-state index in [9.17, 15) is 0 Å². The number of hydrogen-bond acceptors (Lipinski definition) is 3. The van der Waals surface area contributed by atoms with Crippen molar-refractivity contribution in [1.29, 1.82) is 0 Å². The van der Waals surface area contributed by atoms with Crippen molar-refractivity contribution < 1.29 is 4.42 Å². The van der Waals surface area contributed by atoms with Crippen LogP contribution in [0.1, 0.15) is 23.9 Å². The molecule has 0 saturated heterocycles. The zero-order chi connectivity index (χ0) is 11.4. The molecule has 0 saturated carbocycles. The quantitative estimate of drug-likeness (QED) is 0.837. The van der Waals surface area contributed by atoms with E-state index in [1.165, 1.54) is 11.3 Å². The van der Waals surface area contributed by atoms with Crippen molar-refractivity contribution in [3.8, 4) is 0 Å². The van der Waals surface area contributed by atoms with Crippen LogP contribution in [0.5, 0.6) is 0 Å². The Hall–Kier alpha value is -1.55. The summed E-state index contributed by atoms with van der Waals surface area (Å²) in [6.07, 6.45) is 3.45. The molecule has 2 rings (SSSR count). The Morgan fingerprint density at radius 3 is 3.00 bits per heavy atom. The first-order valence-corrected chi connectivity index (χ1v) is 5.54. The molecule has 0 radical (unpaired) electrons. The van der Waals surface area contributed by atoms with E-state index in [0.717, 1.165) is 25.3 Å². The fourth-order valence-corrected chi connectivity index (χ4v) is 1.74. The lowest BCUT2D eigenvalue weighted by Gasteiger charge is -2.05. The van der Waals surface area contributed by atoms with Gasteiger partial charge in [-0.05, 0) is 26.0 Å². The molecule has 0 spiro atoms. The third-order valence-electron chi connectivity index (χ3n) is 2.50. The van der Waals surface area contributed by atoms with Crippen LogP contribution in [0.3, 0.4) is 0 Å². The van der Waals surface area contributed by atoms with Gasteiger partial charge in [-0.3, -0.25) is 4.68 Å². The molecular weight excluding hydrogens is 202 g/mol. The van der Waals surface area contributed by atoms with Crippen LogP contribution in [0.4, 0.5) is 0 Å². The van der Waals surface area contributed by atoms with E-state index in [1.807, 2.05) is 17.7 Å². The molecule has 4 nitrogen and oxygen atoms in total. The average Bonchev–Trinajstić information content (AvgIpc) is 2.88. The van der Waals surface area contributed by atoms with E-state index in [2.05, 4.69) is 23.4 Å². The molecule has 0 unspecified atom stereocenters. The van der Waals surface area contributed by atoms with Gasteiger partial charge in [0.25, 0.3) is 0 Å². The molecule has 1 N–H and O–H groups in total. The molecule has 0 aliphatic rings. The molecule has 2 aromatic rings. The Morgan fingerprint density at radius 2 is 2.31 bits per heavy atom. The van der Waals surface area contributed by atoms with E-state index in [0.29, 0.717) is 0 Å². The molecular formula is C12H17N3O. The molecule has 2 heterocycles. The Balaban J connectivity index is 1.89. The Morgan fingerprint density at radius 1 is 1.44 bits per heavy atom. The summed E-state index contributed by atoms with van der Waals surface area (Å²) in [6, 6.07) is 4.08. The Labute approximate surface area is 95.3 Å². The summed E-state index contributed by atoms with van der Waals surface area (Å²) in [4.78, 5) is 0. The van der Waals surface area contributed by atoms with Crippen molar-refractivity contribution in [1.82, 2.24) is 15.1 Å². The number of nitrogens with one attached hydrogen (secondary N) is 1. The third-order valence-corrected chi connectivity index (χ3v) is 2.50. The SMILES string of the molecule is CCn1nc(C)cc1CNCc1ccoc1. The molecule has 86 valence electrons. The van der Waals surface area contributed by atoms with Gasteiger partial charge < -0.3 is 9.73 Å². The Bertz CT molecular complexity index is 431. The number of rotatable bonds is 5. The summed E-state index contributed by atoms with van der Waals surface area (Å²) in [6.45, 7) is 6.69. The number of aryl methyl sites for hydroxylation is 2. The summed E-state index contributed by atoms with van der Waals surface area (Å²) in [5, 5.41) is 7.77. The maximum Gasteiger partial charge on any atom is 0.0947 e. The first kappa shape index (κ1) is 11.0. The van der Waals surface area contributed by atoms with Crippen molar-refractivity contribution in [2.75, 3.05) is 0 Å². The highest BCUT2D eigenvalue weighted by Gasteiger charge is 2.03. The van der Waals surface area contributed by atoms with E-state index in [1.54, 1.807) is 12.5 Å². The standard InChI is InChI=1S/C12H17N3O/c1-3-15-12(6-10(2)14-15)8-13-7-11-4-5-16-9-11/h4-6,9,13H,3,7-8H2,1-2H3. The van der Waals surface area contributed by atoms with Gasteiger partial charge in [0, 0.05) is 25.2 Å². The van der Waals surface area contributed by atoms with Gasteiger partial charge in [-0.1, -0.05) is 0 Å². The van der Waals surface area contributed by atoms with Gasteiger partial charge in [0.15, 0.2) is 0 Å². The van der Waals surface area contributed by atoms with Crippen molar-refractivity contribution in [2.45, 2.75) is 33.5 Å². The first-order chi connectivity index (χ1) is 7.79. The second kappa shape index (κ2) is 4.99. The summed E-state index contributed by atoms with van der Waals surface area (Å²) in [5.74, 6) is 0. The first-order valence-electron chi connectivity index (χ1n) is 5.54. The Kier molecular flexibility index (Phi) is 3.41. The van der Waals surface area contributed by atoms with Crippen molar-refractivity contribution in [3.63, 3.8) is 0 Å². The summed E-state index contributed by atoms with van der Waals surface area (Å²) in [7, 11) is 0. The summed E-state index contributed by atoms with van der Waals surface area (Å²) >= 11 is 0. The van der Waals surface area contributed by atoms with Crippen LogP contribution >= 0.6 is 0 Å². The molecule has 0 aromatic carbocycles. The van der Waals surface area contributed by atoms with E-state index in [4.69, 9.17) is 4.42 Å². The number of hydrogen-bond donors (Lipinski definition) is 1. The minimum atomic E-state index is 0.824. The molecule has 16 heavy (non-hydrogen) atoms. The van der Waals surface area contributed by atoms with E-state index < -0.39 is 0 Å². The maximum atomic E-state index is 5.01.